The number of hydrogen-bond donors (Lipinski definition) is 1. The van der Waals surface area contributed by atoms with Crippen molar-refractivity contribution >= 4 is 17.8 Å². The first kappa shape index (κ1) is 10.6. The molecule has 1 rings (SSSR count). The summed E-state index contributed by atoms with van der Waals surface area (Å²) in [5.74, 6) is -1.64. The van der Waals surface area contributed by atoms with Gasteiger partial charge in [-0.3, -0.25) is 19.4 Å². The number of amides is 4. The fourth-order valence-electron chi connectivity index (χ4n) is 1.13. The van der Waals surface area contributed by atoms with Crippen LogP contribution in [0.5, 0.6) is 0 Å². The predicted octanol–water partition coefficient (Wildman–Crippen LogP) is -0.822. The van der Waals surface area contributed by atoms with Crippen LogP contribution in [-0.4, -0.2) is 52.4 Å². The van der Waals surface area contributed by atoms with Crippen LogP contribution in [0.2, 0.25) is 0 Å². The van der Waals surface area contributed by atoms with Crippen LogP contribution in [0.1, 0.15) is 13.3 Å². The summed E-state index contributed by atoms with van der Waals surface area (Å²) in [7, 11) is 1.25. The number of nitrogens with zero attached hydrogens (tertiary/aromatic N) is 2. The maximum Gasteiger partial charge on any atom is 0.333 e. The van der Waals surface area contributed by atoms with Crippen LogP contribution >= 0.6 is 0 Å². The standard InChI is InChI=1S/C8H12N2O4/c1-5(11)3-4-10-7(13)6(12)9(2)8(10)14/h5,11H,3-4H2,1-2H3. The molecule has 6 heteroatoms. The smallest absolute Gasteiger partial charge is 0.333 e. The fourth-order valence-corrected chi connectivity index (χ4v) is 1.13. The van der Waals surface area contributed by atoms with E-state index in [4.69, 9.17) is 5.11 Å². The minimum atomic E-state index is -0.821. The molecule has 0 saturated carbocycles. The van der Waals surface area contributed by atoms with Gasteiger partial charge in [0.2, 0.25) is 0 Å². The van der Waals surface area contributed by atoms with Crippen LogP contribution in [0.4, 0.5) is 4.79 Å². The molecule has 1 fully saturated rings. The molecule has 0 bridgehead atoms. The summed E-state index contributed by atoms with van der Waals surface area (Å²) in [5, 5.41) is 8.97. The first-order valence-electron chi connectivity index (χ1n) is 4.26. The van der Waals surface area contributed by atoms with Crippen LogP contribution in [0.25, 0.3) is 0 Å². The molecule has 0 aromatic rings. The minimum absolute atomic E-state index is 0.0748. The maximum absolute atomic E-state index is 11.3. The highest BCUT2D eigenvalue weighted by molar-refractivity contribution is 6.44. The molecule has 1 saturated heterocycles. The Kier molecular flexibility index (Phi) is 2.85. The van der Waals surface area contributed by atoms with Gasteiger partial charge in [-0.15, -0.1) is 0 Å². The molecule has 4 amide bonds. The second kappa shape index (κ2) is 3.75. The third-order valence-electron chi connectivity index (χ3n) is 2.02. The summed E-state index contributed by atoms with van der Waals surface area (Å²) < 4.78 is 0. The van der Waals surface area contributed by atoms with Gasteiger partial charge >= 0.3 is 17.8 Å². The van der Waals surface area contributed by atoms with E-state index in [-0.39, 0.29) is 13.0 Å². The highest BCUT2D eigenvalue weighted by Gasteiger charge is 2.41. The third kappa shape index (κ3) is 1.74. The third-order valence-corrected chi connectivity index (χ3v) is 2.02. The number of hydrogen-bond acceptors (Lipinski definition) is 4. The van der Waals surface area contributed by atoms with Gasteiger partial charge in [-0.1, -0.05) is 0 Å². The molecule has 0 spiro atoms. The second-order valence-corrected chi connectivity index (χ2v) is 3.24. The number of imide groups is 2. The van der Waals surface area contributed by atoms with Crippen molar-refractivity contribution in [1.29, 1.82) is 0 Å². The summed E-state index contributed by atoms with van der Waals surface area (Å²) in [6, 6.07) is -0.624. The van der Waals surface area contributed by atoms with E-state index in [9.17, 15) is 14.4 Å². The first-order chi connectivity index (χ1) is 6.45. The Morgan fingerprint density at radius 3 is 2.21 bits per heavy atom. The zero-order valence-electron chi connectivity index (χ0n) is 8.06. The van der Waals surface area contributed by atoms with Gasteiger partial charge in [0.25, 0.3) is 0 Å². The number of carbonyl (C=O) groups excluding carboxylic acids is 3. The van der Waals surface area contributed by atoms with Crippen molar-refractivity contribution < 1.29 is 19.5 Å². The Bertz CT molecular complexity index is 287. The lowest BCUT2D eigenvalue weighted by Crippen LogP contribution is -2.33. The van der Waals surface area contributed by atoms with Gasteiger partial charge in [0.15, 0.2) is 0 Å². The quantitative estimate of drug-likeness (QED) is 0.477. The van der Waals surface area contributed by atoms with Gasteiger partial charge in [0.05, 0.1) is 6.10 Å². The van der Waals surface area contributed by atoms with E-state index in [1.165, 1.54) is 7.05 Å². The average molecular weight is 200 g/mol. The van der Waals surface area contributed by atoms with E-state index in [1.807, 2.05) is 0 Å². The van der Waals surface area contributed by atoms with Gasteiger partial charge < -0.3 is 5.11 Å². The Balaban J connectivity index is 2.66. The highest BCUT2D eigenvalue weighted by Crippen LogP contribution is 2.10. The van der Waals surface area contributed by atoms with Gasteiger partial charge in [-0.05, 0) is 13.3 Å². The van der Waals surface area contributed by atoms with Crippen molar-refractivity contribution in [2.45, 2.75) is 19.4 Å². The first-order valence-corrected chi connectivity index (χ1v) is 4.26. The molecule has 0 radical (unpaired) electrons. The summed E-state index contributed by atoms with van der Waals surface area (Å²) in [6.07, 6.45) is -0.324. The molecule has 1 heterocycles. The average Bonchev–Trinajstić information content (AvgIpc) is 2.29. The molecule has 0 aromatic carbocycles. The Morgan fingerprint density at radius 2 is 1.86 bits per heavy atom. The monoisotopic (exact) mass is 200 g/mol. The fraction of sp³-hybridized carbons (Fsp3) is 0.625. The molecular weight excluding hydrogens is 188 g/mol. The topological polar surface area (TPSA) is 77.9 Å². The van der Waals surface area contributed by atoms with Crippen LogP contribution in [0.3, 0.4) is 0 Å². The molecule has 0 aromatic heterocycles. The summed E-state index contributed by atoms with van der Waals surface area (Å²) in [6.45, 7) is 1.63. The largest absolute Gasteiger partial charge is 0.393 e. The number of rotatable bonds is 3. The Morgan fingerprint density at radius 1 is 1.29 bits per heavy atom. The van der Waals surface area contributed by atoms with Crippen molar-refractivity contribution in [2.24, 2.45) is 0 Å². The van der Waals surface area contributed by atoms with Crippen LogP contribution in [-0.2, 0) is 9.59 Å². The Hall–Kier alpha value is -1.43. The Labute approximate surface area is 81.1 Å². The predicted molar refractivity (Wildman–Crippen MR) is 46.2 cm³/mol. The maximum atomic E-state index is 11.3. The SMILES string of the molecule is CC(O)CCN1C(=O)C(=O)N(C)C1=O. The van der Waals surface area contributed by atoms with Crippen molar-refractivity contribution in [3.8, 4) is 0 Å². The van der Waals surface area contributed by atoms with Crippen LogP contribution in [0, 0.1) is 0 Å². The van der Waals surface area contributed by atoms with Crippen LogP contribution in [0.15, 0.2) is 0 Å². The van der Waals surface area contributed by atoms with Crippen molar-refractivity contribution in [1.82, 2.24) is 9.80 Å². The number of urea groups is 1. The van der Waals surface area contributed by atoms with Crippen molar-refractivity contribution in [3.63, 3.8) is 0 Å². The number of aliphatic hydroxyl groups is 1. The van der Waals surface area contributed by atoms with E-state index in [0.717, 1.165) is 9.80 Å². The molecule has 1 unspecified atom stereocenters. The summed E-state index contributed by atoms with van der Waals surface area (Å²) in [4.78, 5) is 35.1. The van der Waals surface area contributed by atoms with E-state index in [0.29, 0.717) is 0 Å². The number of likely N-dealkylation sites (N-methyl/N-ethyl adjacent to an activating group) is 1. The molecule has 6 nitrogen and oxygen atoms in total. The zero-order valence-corrected chi connectivity index (χ0v) is 8.06. The lowest BCUT2D eigenvalue weighted by molar-refractivity contribution is -0.142. The lowest BCUT2D eigenvalue weighted by atomic mass is 10.3. The molecule has 1 aliphatic heterocycles. The summed E-state index contributed by atoms with van der Waals surface area (Å²) >= 11 is 0. The normalized spacial score (nSPS) is 19.5. The molecule has 78 valence electrons. The highest BCUT2D eigenvalue weighted by atomic mass is 16.3. The van der Waals surface area contributed by atoms with Crippen molar-refractivity contribution in [3.05, 3.63) is 0 Å². The van der Waals surface area contributed by atoms with E-state index in [2.05, 4.69) is 0 Å². The number of aliphatic hydroxyl groups excluding tert-OH is 1. The van der Waals surface area contributed by atoms with Gasteiger partial charge in [-0.2, -0.15) is 0 Å². The number of carbonyl (C=O) groups is 3. The van der Waals surface area contributed by atoms with Gasteiger partial charge in [-0.25, -0.2) is 4.79 Å². The minimum Gasteiger partial charge on any atom is -0.393 e. The van der Waals surface area contributed by atoms with Crippen LogP contribution < -0.4 is 0 Å². The van der Waals surface area contributed by atoms with Crippen molar-refractivity contribution in [2.75, 3.05) is 13.6 Å². The summed E-state index contributed by atoms with van der Waals surface area (Å²) in [5.41, 5.74) is 0. The molecule has 1 atom stereocenters. The van der Waals surface area contributed by atoms with E-state index < -0.39 is 23.9 Å². The lowest BCUT2D eigenvalue weighted by Gasteiger charge is -2.13. The molecule has 1 aliphatic rings. The second-order valence-electron chi connectivity index (χ2n) is 3.24. The van der Waals surface area contributed by atoms with Gasteiger partial charge in [0, 0.05) is 13.6 Å². The molecular formula is C8H12N2O4. The molecule has 14 heavy (non-hydrogen) atoms. The molecule has 1 N–H and O–H groups in total. The van der Waals surface area contributed by atoms with E-state index in [1.54, 1.807) is 6.92 Å². The molecule has 0 aliphatic carbocycles. The zero-order chi connectivity index (χ0) is 10.9. The van der Waals surface area contributed by atoms with Gasteiger partial charge in [0.1, 0.15) is 0 Å². The van der Waals surface area contributed by atoms with E-state index >= 15 is 0 Å².